The number of carbonyl (C=O) groups excluding carboxylic acids is 2. The Bertz CT molecular complexity index is 1610. The Hall–Kier alpha value is -3.64. The number of hydrogen-bond donors (Lipinski definition) is 2. The van der Waals surface area contributed by atoms with Crippen LogP contribution in [0.5, 0.6) is 5.75 Å². The van der Waals surface area contributed by atoms with Crippen molar-refractivity contribution in [3.8, 4) is 5.75 Å². The second-order valence-electron chi connectivity index (χ2n) is 12.1. The van der Waals surface area contributed by atoms with Crippen LogP contribution in [0.2, 0.25) is 5.02 Å². The summed E-state index contributed by atoms with van der Waals surface area (Å²) in [7, 11) is -2.25. The number of amides is 2. The number of benzene rings is 3. The third-order valence-corrected chi connectivity index (χ3v) is 9.90. The van der Waals surface area contributed by atoms with Crippen molar-refractivity contribution in [1.82, 2.24) is 9.80 Å². The highest BCUT2D eigenvalue weighted by molar-refractivity contribution is 7.92. The van der Waals surface area contributed by atoms with Gasteiger partial charge in [0.05, 0.1) is 35.3 Å². The smallest absolute Gasteiger partial charge is 0.261 e. The van der Waals surface area contributed by atoms with Crippen molar-refractivity contribution in [3.63, 3.8) is 0 Å². The molecule has 0 radical (unpaired) electrons. The van der Waals surface area contributed by atoms with Crippen LogP contribution in [-0.4, -0.2) is 86.7 Å². The molecule has 12 heteroatoms. The van der Waals surface area contributed by atoms with E-state index < -0.39 is 28.1 Å². The highest BCUT2D eigenvalue weighted by Gasteiger charge is 2.31. The maximum atomic E-state index is 14.3. The number of fused-ring (bicyclic) bond motifs is 1. The molecule has 0 aromatic heterocycles. The maximum absolute atomic E-state index is 14.3. The van der Waals surface area contributed by atoms with E-state index in [2.05, 4.69) is 4.72 Å². The first kappa shape index (κ1) is 36.2. The van der Waals surface area contributed by atoms with Gasteiger partial charge in [-0.1, -0.05) is 36.7 Å². The van der Waals surface area contributed by atoms with Crippen LogP contribution in [0.3, 0.4) is 0 Å². The van der Waals surface area contributed by atoms with Gasteiger partial charge >= 0.3 is 0 Å². The van der Waals surface area contributed by atoms with Gasteiger partial charge in [0.25, 0.3) is 21.8 Å². The molecule has 4 atom stereocenters. The molecule has 10 nitrogen and oxygen atoms in total. The van der Waals surface area contributed by atoms with Crippen LogP contribution in [0.4, 0.5) is 5.69 Å². The third-order valence-electron chi connectivity index (χ3n) is 8.25. The van der Waals surface area contributed by atoms with Crippen molar-refractivity contribution in [2.45, 2.75) is 63.2 Å². The molecular weight excluding hydrogens is 642 g/mol. The minimum absolute atomic E-state index is 0.0179. The van der Waals surface area contributed by atoms with Crippen LogP contribution < -0.4 is 9.46 Å². The topological polar surface area (TPSA) is 125 Å². The fourth-order valence-electron chi connectivity index (χ4n) is 5.43. The molecule has 0 spiro atoms. The average Bonchev–Trinajstić information content (AvgIpc) is 3.06. The first-order valence-corrected chi connectivity index (χ1v) is 17.7. The molecule has 47 heavy (non-hydrogen) atoms. The van der Waals surface area contributed by atoms with Crippen molar-refractivity contribution < 1.29 is 32.6 Å². The van der Waals surface area contributed by atoms with E-state index in [4.69, 9.17) is 21.1 Å². The average molecular weight is 686 g/mol. The molecule has 0 unspecified atom stereocenters. The van der Waals surface area contributed by atoms with Gasteiger partial charge in [-0.05, 0) is 87.7 Å². The number of halogens is 1. The van der Waals surface area contributed by atoms with Gasteiger partial charge in [0, 0.05) is 48.9 Å². The van der Waals surface area contributed by atoms with Crippen molar-refractivity contribution in [1.29, 1.82) is 0 Å². The third kappa shape index (κ3) is 9.70. The van der Waals surface area contributed by atoms with E-state index in [0.29, 0.717) is 35.9 Å². The SMILES string of the molecule is C[C@@H]1CCCCO[C@H](CN(C)C(=O)c2ccccc2)[C@H](C)CN([C@H](C)CO)C(=O)c2cc(NS(=O)(=O)c3ccc(Cl)cc3)ccc2O1. The lowest BCUT2D eigenvalue weighted by atomic mass is 10.0. The van der Waals surface area contributed by atoms with Crippen LogP contribution in [0.15, 0.2) is 77.7 Å². The van der Waals surface area contributed by atoms with Gasteiger partial charge in [-0.3, -0.25) is 14.3 Å². The number of anilines is 1. The Kier molecular flexibility index (Phi) is 12.7. The lowest BCUT2D eigenvalue weighted by Crippen LogP contribution is -2.48. The van der Waals surface area contributed by atoms with Gasteiger partial charge < -0.3 is 24.4 Å². The molecule has 1 heterocycles. The first-order valence-electron chi connectivity index (χ1n) is 15.8. The highest BCUT2D eigenvalue weighted by Crippen LogP contribution is 2.30. The molecule has 0 saturated carbocycles. The number of sulfonamides is 1. The summed E-state index contributed by atoms with van der Waals surface area (Å²) in [5.74, 6) is -0.488. The van der Waals surface area contributed by atoms with Gasteiger partial charge in [0.1, 0.15) is 5.75 Å². The number of ether oxygens (including phenoxy) is 2. The van der Waals surface area contributed by atoms with E-state index in [0.717, 1.165) is 12.8 Å². The monoisotopic (exact) mass is 685 g/mol. The predicted octanol–water partition coefficient (Wildman–Crippen LogP) is 5.71. The standard InChI is InChI=1S/C35H44ClN3O7S/c1-24-21-39(25(2)23-40)35(42)31-20-29(37-47(43,44)30-16-13-28(36)14-17-30)15-18-32(31)46-26(3)10-8-9-19-45-33(24)22-38(4)34(41)27-11-6-5-7-12-27/h5-7,11-18,20,24-26,33,37,40H,8-10,19,21-23H2,1-4H3/t24-,25-,26-,33-/m1/s1. The second kappa shape index (κ2) is 16.5. The summed E-state index contributed by atoms with van der Waals surface area (Å²) in [6, 6.07) is 18.8. The molecule has 4 rings (SSSR count). The van der Waals surface area contributed by atoms with Gasteiger partial charge in [0.15, 0.2) is 0 Å². The van der Waals surface area contributed by atoms with Crippen LogP contribution in [0.25, 0.3) is 0 Å². The van der Waals surface area contributed by atoms with Crippen molar-refractivity contribution in [3.05, 3.63) is 88.9 Å². The zero-order valence-corrected chi connectivity index (χ0v) is 28.8. The Labute approximate surface area is 282 Å². The van der Waals surface area contributed by atoms with Crippen LogP contribution in [0.1, 0.15) is 60.7 Å². The van der Waals surface area contributed by atoms with Crippen molar-refractivity contribution in [2.24, 2.45) is 5.92 Å². The molecule has 2 N–H and O–H groups in total. The Balaban J connectivity index is 1.66. The summed E-state index contributed by atoms with van der Waals surface area (Å²) < 4.78 is 41.5. The largest absolute Gasteiger partial charge is 0.490 e. The minimum atomic E-state index is -3.99. The molecule has 0 fully saturated rings. The Morgan fingerprint density at radius 1 is 1.09 bits per heavy atom. The Morgan fingerprint density at radius 3 is 2.47 bits per heavy atom. The molecule has 0 bridgehead atoms. The summed E-state index contributed by atoms with van der Waals surface area (Å²) in [5.41, 5.74) is 0.908. The van der Waals surface area contributed by atoms with E-state index in [9.17, 15) is 23.1 Å². The normalized spacial score (nSPS) is 20.3. The molecule has 3 aromatic carbocycles. The Morgan fingerprint density at radius 2 is 1.79 bits per heavy atom. The van der Waals surface area contributed by atoms with E-state index in [1.54, 1.807) is 48.0 Å². The highest BCUT2D eigenvalue weighted by atomic mass is 35.5. The summed E-state index contributed by atoms with van der Waals surface area (Å²) in [6.07, 6.45) is 1.65. The maximum Gasteiger partial charge on any atom is 0.261 e. The number of aliphatic hydroxyl groups excluding tert-OH is 1. The summed E-state index contributed by atoms with van der Waals surface area (Å²) >= 11 is 5.94. The number of rotatable bonds is 8. The van der Waals surface area contributed by atoms with Crippen molar-refractivity contribution in [2.75, 3.05) is 38.1 Å². The van der Waals surface area contributed by atoms with Gasteiger partial charge in [-0.15, -0.1) is 0 Å². The predicted molar refractivity (Wildman–Crippen MR) is 183 cm³/mol. The second-order valence-corrected chi connectivity index (χ2v) is 14.2. The molecular formula is C35H44ClN3O7S. The number of nitrogens with zero attached hydrogens (tertiary/aromatic N) is 2. The molecule has 0 saturated heterocycles. The van der Waals surface area contributed by atoms with Crippen molar-refractivity contribution >= 4 is 39.1 Å². The lowest BCUT2D eigenvalue weighted by Gasteiger charge is -2.36. The molecule has 3 aromatic rings. The number of aliphatic hydroxyl groups is 1. The van der Waals surface area contributed by atoms with Gasteiger partial charge in [-0.25, -0.2) is 8.42 Å². The van der Waals surface area contributed by atoms with E-state index >= 15 is 0 Å². The van der Waals surface area contributed by atoms with Crippen LogP contribution in [0, 0.1) is 5.92 Å². The van der Waals surface area contributed by atoms with E-state index in [1.807, 2.05) is 32.0 Å². The zero-order valence-electron chi connectivity index (χ0n) is 27.3. The molecule has 0 aliphatic carbocycles. The zero-order chi connectivity index (χ0) is 34.1. The molecule has 254 valence electrons. The van der Waals surface area contributed by atoms with E-state index in [1.165, 1.54) is 30.3 Å². The molecule has 1 aliphatic heterocycles. The van der Waals surface area contributed by atoms with Crippen LogP contribution >= 0.6 is 11.6 Å². The fourth-order valence-corrected chi connectivity index (χ4v) is 6.61. The number of hydrogen-bond acceptors (Lipinski definition) is 7. The quantitative estimate of drug-likeness (QED) is 0.311. The summed E-state index contributed by atoms with van der Waals surface area (Å²) in [4.78, 5) is 30.7. The molecule has 1 aliphatic rings. The number of carbonyl (C=O) groups is 2. The minimum Gasteiger partial charge on any atom is -0.490 e. The first-order chi connectivity index (χ1) is 22.4. The molecule has 2 amide bonds. The summed E-state index contributed by atoms with van der Waals surface area (Å²) in [6.45, 7) is 6.30. The number of likely N-dealkylation sites (N-methyl/N-ethyl adjacent to an activating group) is 1. The van der Waals surface area contributed by atoms with Gasteiger partial charge in [0.2, 0.25) is 0 Å². The summed E-state index contributed by atoms with van der Waals surface area (Å²) in [5, 5.41) is 10.6. The van der Waals surface area contributed by atoms with Gasteiger partial charge in [-0.2, -0.15) is 0 Å². The van der Waals surface area contributed by atoms with Crippen LogP contribution in [-0.2, 0) is 14.8 Å². The number of nitrogens with one attached hydrogen (secondary N) is 1. The fraction of sp³-hybridized carbons (Fsp3) is 0.429. The lowest BCUT2D eigenvalue weighted by molar-refractivity contribution is -0.0149. The van der Waals surface area contributed by atoms with E-state index in [-0.39, 0.29) is 47.2 Å².